The molecular weight excluding hydrogens is 1210 g/mol. The number of ketones is 1. The summed E-state index contributed by atoms with van der Waals surface area (Å²) in [5.41, 5.74) is -1.62. The van der Waals surface area contributed by atoms with Crippen molar-refractivity contribution in [3.63, 3.8) is 0 Å². The summed E-state index contributed by atoms with van der Waals surface area (Å²) in [7, 11) is 3.43. The van der Waals surface area contributed by atoms with Gasteiger partial charge in [0.05, 0.1) is 49.0 Å². The van der Waals surface area contributed by atoms with Crippen LogP contribution in [0.5, 0.6) is 5.75 Å². The summed E-state index contributed by atoms with van der Waals surface area (Å²) in [5, 5.41) is 17.2. The largest absolute Gasteiger partial charge is 0.529 e. The number of nitrogens with one attached hydrogen (secondary N) is 3. The number of anilines is 2. The van der Waals surface area contributed by atoms with Crippen molar-refractivity contribution >= 4 is 176 Å². The quantitative estimate of drug-likeness (QED) is 0.0334. The molecular formula is C42H55Cl9N6O11P2S2. The Balaban J connectivity index is 0.000000468. The van der Waals surface area contributed by atoms with Gasteiger partial charge in [0.25, 0.3) is 0 Å². The Kier molecular flexibility index (Phi) is 33.2. The highest BCUT2D eigenvalue weighted by atomic mass is 35.5. The molecule has 2 heterocycles. The van der Waals surface area contributed by atoms with Gasteiger partial charge < -0.3 is 39.0 Å². The monoisotopic (exact) mass is 1260 g/mol. The van der Waals surface area contributed by atoms with E-state index in [1.165, 1.54) is 46.7 Å². The molecule has 72 heavy (non-hydrogen) atoms. The lowest BCUT2D eigenvalue weighted by atomic mass is 9.87. The van der Waals surface area contributed by atoms with E-state index in [9.17, 15) is 24.1 Å². The number of alkyl halides is 6. The standard InChI is InChI=1S/C19H16O4.C8H14ClN5.C6H6Cl6.C5H12NO3PS2.C4H7Cl2O4P/c1-12(20)11-15(13-7-3-2-4-8-13)17-18(21)14-9-5-6-10-16(14)23-19(17)22;1-4-10-7-12-6(9)13-8(14-7)11-5(2)3;7-1-2(8)4(10)6(12)5(11)3(1)9;1-6-5(7)4-12-10(11,8-2)9-3;1-8-11(7,9-2)10-3-4(5)6/h2-10,15,21H,11H2,1H3;5H,4H2,1-3H3,(H2,10,11,12,13,14);1-6H;4H2,1-3H3,(H,6,7);3H,1-2H3/t;;1-,2-,3-,4+,5+,6+;;. The van der Waals surface area contributed by atoms with Crippen LogP contribution in [0.15, 0.2) is 74.6 Å². The number of Topliss-reactive ketones (excluding diaryl/α,β-unsaturated/α-hetero) is 1. The van der Waals surface area contributed by atoms with Crippen LogP contribution in [-0.4, -0.2) is 118 Å². The van der Waals surface area contributed by atoms with Crippen molar-refractivity contribution in [2.75, 3.05) is 58.4 Å². The van der Waals surface area contributed by atoms with Gasteiger partial charge in [-0.2, -0.15) is 15.0 Å². The fourth-order valence-corrected chi connectivity index (χ4v) is 11.4. The molecule has 30 heteroatoms. The second-order valence-corrected chi connectivity index (χ2v) is 27.1. The molecule has 1 saturated carbocycles. The molecule has 0 bridgehead atoms. The van der Waals surface area contributed by atoms with E-state index in [0.717, 1.165) is 18.4 Å². The molecule has 0 saturated heterocycles. The van der Waals surface area contributed by atoms with Crippen LogP contribution in [0.4, 0.5) is 11.9 Å². The maximum Gasteiger partial charge on any atom is 0.529 e. The van der Waals surface area contributed by atoms with Crippen molar-refractivity contribution < 1.29 is 46.3 Å². The lowest BCUT2D eigenvalue weighted by Gasteiger charge is -2.37. The summed E-state index contributed by atoms with van der Waals surface area (Å²) in [6.45, 7) is 8.19. The molecule has 1 amide bonds. The van der Waals surface area contributed by atoms with Gasteiger partial charge in [-0.05, 0) is 68.8 Å². The first-order chi connectivity index (χ1) is 33.8. The summed E-state index contributed by atoms with van der Waals surface area (Å²) < 4.78 is 39.4. The predicted octanol–water partition coefficient (Wildman–Crippen LogP) is 12.7. The van der Waals surface area contributed by atoms with Crippen LogP contribution in [-0.2, 0) is 48.6 Å². The molecule has 1 aliphatic carbocycles. The smallest absolute Gasteiger partial charge is 0.507 e. The Bertz CT molecular complexity index is 2420. The molecule has 17 nitrogen and oxygen atoms in total. The number of benzene rings is 2. The van der Waals surface area contributed by atoms with Crippen molar-refractivity contribution in [2.45, 2.75) is 78.3 Å². The van der Waals surface area contributed by atoms with E-state index >= 15 is 0 Å². The normalized spacial score (nSPS) is 18.7. The van der Waals surface area contributed by atoms with Gasteiger partial charge in [-0.3, -0.25) is 18.6 Å². The zero-order valence-electron chi connectivity index (χ0n) is 40.0. The number of rotatable bonds is 17. The number of hydrogen-bond donors (Lipinski definition) is 4. The van der Waals surface area contributed by atoms with Gasteiger partial charge in [0.15, 0.2) is 0 Å². The maximum absolute atomic E-state index is 12.4. The minimum atomic E-state index is -3.48. The predicted molar refractivity (Wildman–Crippen MR) is 301 cm³/mol. The van der Waals surface area contributed by atoms with Gasteiger partial charge in [-0.1, -0.05) is 77.0 Å². The van der Waals surface area contributed by atoms with Crippen molar-refractivity contribution in [3.8, 4) is 5.75 Å². The molecule has 1 atom stereocenters. The Hall–Kier alpha value is -1.58. The Labute approximate surface area is 473 Å². The molecule has 0 aliphatic heterocycles. The highest BCUT2D eigenvalue weighted by Gasteiger charge is 2.47. The molecule has 0 spiro atoms. The zero-order chi connectivity index (χ0) is 54.9. The summed E-state index contributed by atoms with van der Waals surface area (Å²) in [4.78, 5) is 46.9. The van der Waals surface area contributed by atoms with Crippen LogP contribution in [0.2, 0.25) is 5.28 Å². The number of phosphoric ester groups is 1. The van der Waals surface area contributed by atoms with Crippen molar-refractivity contribution in [3.05, 3.63) is 92.2 Å². The summed E-state index contributed by atoms with van der Waals surface area (Å²) in [6, 6.07) is 16.3. The van der Waals surface area contributed by atoms with Gasteiger partial charge in [0, 0.05) is 60.4 Å². The van der Waals surface area contributed by atoms with E-state index < -0.39 is 57.3 Å². The third-order valence-electron chi connectivity index (χ3n) is 8.85. The first-order valence-corrected chi connectivity index (χ1v) is 30.2. The number of para-hydroxylation sites is 1. The number of aromatic nitrogens is 3. The first kappa shape index (κ1) is 68.4. The highest BCUT2D eigenvalue weighted by Crippen LogP contribution is 2.59. The number of carbonyl (C=O) groups excluding carboxylic acids is 2. The Morgan fingerprint density at radius 3 is 1.79 bits per heavy atom. The van der Waals surface area contributed by atoms with Crippen LogP contribution in [0.1, 0.15) is 51.2 Å². The van der Waals surface area contributed by atoms with Gasteiger partial charge in [-0.15, -0.1) is 69.6 Å². The Morgan fingerprint density at radius 1 is 0.847 bits per heavy atom. The molecule has 4 aromatic rings. The number of halogens is 9. The number of nitrogens with zero attached hydrogens (tertiary/aromatic N) is 3. The van der Waals surface area contributed by atoms with Crippen LogP contribution < -0.4 is 21.6 Å². The number of carbonyl (C=O) groups is 2. The molecule has 1 fully saturated rings. The van der Waals surface area contributed by atoms with Crippen LogP contribution >= 0.6 is 129 Å². The Morgan fingerprint density at radius 2 is 1.35 bits per heavy atom. The molecule has 2 aromatic heterocycles. The molecule has 1 aliphatic rings. The summed E-state index contributed by atoms with van der Waals surface area (Å²) in [6.07, 6.45) is 0.998. The topological polar surface area (TPSA) is 223 Å². The number of hydrogen-bond acceptors (Lipinski definition) is 18. The SMILES string of the molecule is CC(=O)CC(c1ccccc1)c1c(O)c2ccccc2oc1=O.CCNc1nc(Cl)nc(NC(C)C)n1.CNC(=O)CSP(=S)(OC)OC.COP(=O)(OC)OC=C(Cl)Cl.Cl[C@H]1[C@H](Cl)[C@@H](Cl)[C@@H](Cl)[C@H](Cl)[C@H]1Cl. The molecule has 2 aromatic carbocycles. The number of amides is 1. The summed E-state index contributed by atoms with van der Waals surface area (Å²) in [5.74, 6) is 0.470. The zero-order valence-corrected chi connectivity index (χ0v) is 50.2. The number of aromatic hydroxyl groups is 1. The fourth-order valence-electron chi connectivity index (χ4n) is 5.43. The third kappa shape index (κ3) is 23.8. The fraction of sp³-hybridized carbons (Fsp3) is 0.476. The molecule has 5 rings (SSSR count). The lowest BCUT2D eigenvalue weighted by molar-refractivity contribution is -0.118. The van der Waals surface area contributed by atoms with Crippen molar-refractivity contribution in [1.82, 2.24) is 20.3 Å². The molecule has 4 N–H and O–H groups in total. The van der Waals surface area contributed by atoms with E-state index in [1.807, 2.05) is 51.1 Å². The summed E-state index contributed by atoms with van der Waals surface area (Å²) >= 11 is 57.6. The molecule has 1 unspecified atom stereocenters. The minimum absolute atomic E-state index is 0.0641. The second kappa shape index (κ2) is 35.0. The first-order valence-electron chi connectivity index (χ1n) is 20.8. The van der Waals surface area contributed by atoms with E-state index in [1.54, 1.807) is 31.3 Å². The van der Waals surface area contributed by atoms with E-state index in [0.29, 0.717) is 22.9 Å². The minimum Gasteiger partial charge on any atom is -0.507 e. The van der Waals surface area contributed by atoms with Crippen LogP contribution in [0.25, 0.3) is 11.0 Å². The highest BCUT2D eigenvalue weighted by molar-refractivity contribution is 8.68. The van der Waals surface area contributed by atoms with Gasteiger partial charge in [0.1, 0.15) is 27.9 Å². The maximum atomic E-state index is 12.4. The second-order valence-electron chi connectivity index (χ2n) is 14.3. The van der Waals surface area contributed by atoms with Gasteiger partial charge in [0.2, 0.25) is 28.8 Å². The van der Waals surface area contributed by atoms with Gasteiger partial charge >= 0.3 is 13.4 Å². The third-order valence-corrected chi connectivity index (χ3v) is 20.2. The molecule has 0 radical (unpaired) electrons. The molecule has 404 valence electrons. The average molecular weight is 1270 g/mol. The van der Waals surface area contributed by atoms with Gasteiger partial charge in [-0.25, -0.2) is 9.36 Å². The number of phosphoric acid groups is 1. The van der Waals surface area contributed by atoms with Crippen LogP contribution in [0.3, 0.4) is 0 Å². The van der Waals surface area contributed by atoms with Crippen molar-refractivity contribution in [1.29, 1.82) is 0 Å². The van der Waals surface area contributed by atoms with E-state index in [4.69, 9.17) is 130 Å². The van der Waals surface area contributed by atoms with E-state index in [2.05, 4.69) is 44.5 Å². The lowest BCUT2D eigenvalue weighted by Crippen LogP contribution is -2.52. The van der Waals surface area contributed by atoms with Crippen molar-refractivity contribution in [2.24, 2.45) is 0 Å². The average Bonchev–Trinajstić information content (AvgIpc) is 3.35. The number of fused-ring (bicyclic) bond motifs is 1. The van der Waals surface area contributed by atoms with Crippen LogP contribution in [0, 0.1) is 0 Å². The van der Waals surface area contributed by atoms with E-state index in [-0.39, 0.29) is 51.0 Å².